The van der Waals surface area contributed by atoms with Gasteiger partial charge in [-0.25, -0.2) is 0 Å². The largest absolute Gasteiger partial charge is 0.325 e. The minimum Gasteiger partial charge on any atom is -0.325 e. The summed E-state index contributed by atoms with van der Waals surface area (Å²) in [6, 6.07) is 6.02. The van der Waals surface area contributed by atoms with Crippen LogP contribution in [-0.2, 0) is 4.79 Å². The fraction of sp³-hybridized carbons (Fsp3) is 0.533. The van der Waals surface area contributed by atoms with Gasteiger partial charge in [0.25, 0.3) is 0 Å². The molecule has 0 unspecified atom stereocenters. The summed E-state index contributed by atoms with van der Waals surface area (Å²) in [5.74, 6) is 0.377. The monoisotopic (exact) mass is 309 g/mol. The van der Waals surface area contributed by atoms with Gasteiger partial charge >= 0.3 is 0 Å². The number of hydrogen-bond donors (Lipinski definition) is 1. The molecule has 18 heavy (non-hydrogen) atoms. The summed E-state index contributed by atoms with van der Waals surface area (Å²) in [7, 11) is 0. The van der Waals surface area contributed by atoms with Crippen molar-refractivity contribution in [2.45, 2.75) is 45.4 Å². The number of hydrogen-bond acceptors (Lipinski definition) is 1. The topological polar surface area (TPSA) is 29.1 Å². The van der Waals surface area contributed by atoms with E-state index in [1.807, 2.05) is 25.1 Å². The summed E-state index contributed by atoms with van der Waals surface area (Å²) >= 11 is 3.50. The summed E-state index contributed by atoms with van der Waals surface area (Å²) in [6.07, 6.45) is 7.00. The molecule has 1 aromatic carbocycles. The molecule has 2 rings (SSSR count). The van der Waals surface area contributed by atoms with E-state index in [9.17, 15) is 4.79 Å². The van der Waals surface area contributed by atoms with Gasteiger partial charge in [0, 0.05) is 10.4 Å². The number of benzene rings is 1. The van der Waals surface area contributed by atoms with Gasteiger partial charge in [0.2, 0.25) is 5.91 Å². The van der Waals surface area contributed by atoms with Crippen molar-refractivity contribution in [2.24, 2.45) is 5.92 Å². The Hall–Kier alpha value is -0.830. The Balaban J connectivity index is 2.01. The number of carbonyl (C=O) groups excluding carboxylic acids is 1. The molecule has 1 aliphatic carbocycles. The Labute approximate surface area is 117 Å². The van der Waals surface area contributed by atoms with Gasteiger partial charge in [-0.05, 0) is 53.4 Å². The van der Waals surface area contributed by atoms with Crippen molar-refractivity contribution in [2.75, 3.05) is 5.32 Å². The van der Waals surface area contributed by atoms with Crippen LogP contribution in [-0.4, -0.2) is 5.91 Å². The van der Waals surface area contributed by atoms with Gasteiger partial charge < -0.3 is 5.32 Å². The van der Waals surface area contributed by atoms with Crippen LogP contribution in [0.4, 0.5) is 5.69 Å². The Morgan fingerprint density at radius 1 is 1.22 bits per heavy atom. The van der Waals surface area contributed by atoms with Crippen LogP contribution >= 0.6 is 15.9 Å². The molecular weight excluding hydrogens is 290 g/mol. The van der Waals surface area contributed by atoms with Gasteiger partial charge in [-0.15, -0.1) is 0 Å². The van der Waals surface area contributed by atoms with Crippen molar-refractivity contribution in [1.29, 1.82) is 0 Å². The van der Waals surface area contributed by atoms with E-state index in [2.05, 4.69) is 21.2 Å². The number of anilines is 1. The predicted molar refractivity (Wildman–Crippen MR) is 78.7 cm³/mol. The molecule has 1 aliphatic rings. The fourth-order valence-corrected chi connectivity index (χ4v) is 3.09. The van der Waals surface area contributed by atoms with Crippen LogP contribution in [0.15, 0.2) is 22.7 Å². The number of halogens is 1. The van der Waals surface area contributed by atoms with Gasteiger partial charge in [-0.2, -0.15) is 0 Å². The highest BCUT2D eigenvalue weighted by Gasteiger charge is 2.20. The molecule has 0 aromatic heterocycles. The first kappa shape index (κ1) is 13.6. The number of carbonyl (C=O) groups is 1. The van der Waals surface area contributed by atoms with E-state index < -0.39 is 0 Å². The van der Waals surface area contributed by atoms with Crippen molar-refractivity contribution in [3.63, 3.8) is 0 Å². The molecule has 0 heterocycles. The third-order valence-electron chi connectivity index (χ3n) is 3.61. The normalized spacial score (nSPS) is 17.2. The van der Waals surface area contributed by atoms with Crippen LogP contribution in [0, 0.1) is 12.8 Å². The van der Waals surface area contributed by atoms with Crippen LogP contribution in [0.5, 0.6) is 0 Å². The summed E-state index contributed by atoms with van der Waals surface area (Å²) in [6.45, 7) is 2.04. The highest BCUT2D eigenvalue weighted by Crippen LogP contribution is 2.27. The summed E-state index contributed by atoms with van der Waals surface area (Å²) < 4.78 is 0.962. The van der Waals surface area contributed by atoms with E-state index in [1.165, 1.54) is 31.2 Å². The Morgan fingerprint density at radius 3 is 2.50 bits per heavy atom. The zero-order valence-corrected chi connectivity index (χ0v) is 12.4. The van der Waals surface area contributed by atoms with Crippen molar-refractivity contribution in [3.8, 4) is 0 Å². The van der Waals surface area contributed by atoms with Gasteiger partial charge in [-0.3, -0.25) is 4.79 Å². The van der Waals surface area contributed by atoms with Crippen LogP contribution in [0.2, 0.25) is 0 Å². The lowest BCUT2D eigenvalue weighted by molar-refractivity contribution is -0.120. The van der Waals surface area contributed by atoms with E-state index in [4.69, 9.17) is 0 Å². The molecule has 0 radical (unpaired) electrons. The molecule has 0 aliphatic heterocycles. The molecule has 0 bridgehead atoms. The lowest BCUT2D eigenvalue weighted by atomic mass is 9.99. The highest BCUT2D eigenvalue weighted by atomic mass is 79.9. The number of rotatable bonds is 2. The second-order valence-electron chi connectivity index (χ2n) is 5.16. The molecule has 1 fully saturated rings. The molecule has 2 nitrogen and oxygen atoms in total. The Bertz CT molecular complexity index is 423. The number of amides is 1. The lowest BCUT2D eigenvalue weighted by Gasteiger charge is -2.15. The van der Waals surface area contributed by atoms with E-state index in [0.717, 1.165) is 23.0 Å². The van der Waals surface area contributed by atoms with Crippen molar-refractivity contribution in [3.05, 3.63) is 28.2 Å². The first-order valence-corrected chi connectivity index (χ1v) is 7.53. The fourth-order valence-electron chi connectivity index (χ4n) is 2.50. The summed E-state index contributed by atoms with van der Waals surface area (Å²) in [5.41, 5.74) is 2.07. The maximum absolute atomic E-state index is 12.2. The lowest BCUT2D eigenvalue weighted by Crippen LogP contribution is -2.22. The Morgan fingerprint density at radius 2 is 1.89 bits per heavy atom. The number of aryl methyl sites for hydroxylation is 1. The van der Waals surface area contributed by atoms with Crippen molar-refractivity contribution < 1.29 is 4.79 Å². The van der Waals surface area contributed by atoms with E-state index in [1.54, 1.807) is 0 Å². The SMILES string of the molecule is Cc1ccc(NC(=O)C2CCCCCC2)c(Br)c1. The maximum Gasteiger partial charge on any atom is 0.227 e. The average molecular weight is 310 g/mol. The van der Waals surface area contributed by atoms with Gasteiger partial charge in [0.15, 0.2) is 0 Å². The maximum atomic E-state index is 12.2. The van der Waals surface area contributed by atoms with E-state index in [-0.39, 0.29) is 11.8 Å². The second-order valence-corrected chi connectivity index (χ2v) is 6.02. The van der Waals surface area contributed by atoms with Gasteiger partial charge in [0.1, 0.15) is 0 Å². The molecule has 98 valence electrons. The standard InChI is InChI=1S/C15H20BrNO/c1-11-8-9-14(13(16)10-11)17-15(18)12-6-4-2-3-5-7-12/h8-10,12H,2-7H2,1H3,(H,17,18). The smallest absolute Gasteiger partial charge is 0.227 e. The summed E-state index contributed by atoms with van der Waals surface area (Å²) in [5, 5.41) is 3.05. The second kappa shape index (κ2) is 6.37. The first-order valence-electron chi connectivity index (χ1n) is 6.74. The predicted octanol–water partition coefficient (Wildman–Crippen LogP) is 4.67. The molecule has 1 amide bonds. The molecule has 3 heteroatoms. The molecule has 1 saturated carbocycles. The molecule has 0 saturated heterocycles. The van der Waals surface area contributed by atoms with Crippen LogP contribution in [0.25, 0.3) is 0 Å². The number of nitrogens with one attached hydrogen (secondary N) is 1. The van der Waals surface area contributed by atoms with E-state index >= 15 is 0 Å². The molecule has 1 N–H and O–H groups in total. The Kier molecular flexibility index (Phi) is 4.81. The van der Waals surface area contributed by atoms with Crippen molar-refractivity contribution in [1.82, 2.24) is 0 Å². The third kappa shape index (κ3) is 3.58. The van der Waals surface area contributed by atoms with E-state index in [0.29, 0.717) is 0 Å². The van der Waals surface area contributed by atoms with Gasteiger partial charge in [0.05, 0.1) is 5.69 Å². The highest BCUT2D eigenvalue weighted by molar-refractivity contribution is 9.10. The molecule has 0 atom stereocenters. The van der Waals surface area contributed by atoms with Crippen molar-refractivity contribution >= 4 is 27.5 Å². The minimum atomic E-state index is 0.182. The molecule has 0 spiro atoms. The zero-order chi connectivity index (χ0) is 13.0. The quantitative estimate of drug-likeness (QED) is 0.790. The first-order chi connectivity index (χ1) is 8.66. The third-order valence-corrected chi connectivity index (χ3v) is 4.26. The van der Waals surface area contributed by atoms with Gasteiger partial charge in [-0.1, -0.05) is 31.7 Å². The minimum absolute atomic E-state index is 0.182. The zero-order valence-electron chi connectivity index (χ0n) is 10.8. The average Bonchev–Trinajstić information content (AvgIpc) is 2.61. The van der Waals surface area contributed by atoms with Crippen LogP contribution < -0.4 is 5.32 Å². The van der Waals surface area contributed by atoms with Crippen LogP contribution in [0.3, 0.4) is 0 Å². The molecule has 1 aromatic rings. The molecular formula is C15H20BrNO. The van der Waals surface area contributed by atoms with Crippen LogP contribution in [0.1, 0.15) is 44.1 Å². The summed E-state index contributed by atoms with van der Waals surface area (Å²) in [4.78, 5) is 12.2.